The summed E-state index contributed by atoms with van der Waals surface area (Å²) >= 11 is 6.30. The van der Waals surface area contributed by atoms with E-state index in [2.05, 4.69) is 16.4 Å². The zero-order chi connectivity index (χ0) is 23.4. The number of alkyl carbamates (subject to hydrolysis) is 1. The lowest BCUT2D eigenvalue weighted by Crippen LogP contribution is -2.52. The van der Waals surface area contributed by atoms with Gasteiger partial charge in [0.15, 0.2) is 0 Å². The number of nitrogens with one attached hydrogen (secondary N) is 1. The number of amides is 2. The molecular formula is C24H34ClN3O4. The van der Waals surface area contributed by atoms with Crippen LogP contribution in [-0.2, 0) is 19.7 Å². The summed E-state index contributed by atoms with van der Waals surface area (Å²) in [6.07, 6.45) is 2.86. The molecule has 7 nitrogen and oxygen atoms in total. The van der Waals surface area contributed by atoms with E-state index in [-0.39, 0.29) is 23.9 Å². The maximum absolute atomic E-state index is 12.5. The normalized spacial score (nSPS) is 24.0. The first kappa shape index (κ1) is 24.4. The van der Waals surface area contributed by atoms with Crippen LogP contribution in [0.5, 0.6) is 0 Å². The second kappa shape index (κ2) is 10.1. The minimum absolute atomic E-state index is 0.0422. The molecule has 1 saturated carbocycles. The highest BCUT2D eigenvalue weighted by atomic mass is 35.5. The van der Waals surface area contributed by atoms with Gasteiger partial charge >= 0.3 is 6.09 Å². The molecule has 8 heteroatoms. The van der Waals surface area contributed by atoms with Crippen molar-refractivity contribution in [3.05, 3.63) is 34.9 Å². The van der Waals surface area contributed by atoms with Crippen molar-refractivity contribution in [3.63, 3.8) is 0 Å². The monoisotopic (exact) mass is 463 g/mol. The first-order chi connectivity index (χ1) is 15.1. The van der Waals surface area contributed by atoms with Crippen LogP contribution in [-0.4, -0.2) is 60.7 Å². The van der Waals surface area contributed by atoms with E-state index in [4.69, 9.17) is 21.1 Å². The Bertz CT molecular complexity index is 857. The van der Waals surface area contributed by atoms with Gasteiger partial charge in [-0.25, -0.2) is 9.79 Å². The molecule has 2 aliphatic rings. The summed E-state index contributed by atoms with van der Waals surface area (Å²) in [6, 6.07) is 7.96. The number of carbonyl (C=O) groups is 2. The predicted octanol–water partition coefficient (Wildman–Crippen LogP) is 4.32. The van der Waals surface area contributed by atoms with E-state index in [1.807, 2.05) is 50.8 Å². The van der Waals surface area contributed by atoms with Crippen LogP contribution in [0.2, 0.25) is 5.02 Å². The number of nitrogens with zero attached hydrogens (tertiary/aromatic N) is 2. The van der Waals surface area contributed by atoms with Gasteiger partial charge in [0.25, 0.3) is 0 Å². The van der Waals surface area contributed by atoms with E-state index in [0.29, 0.717) is 30.6 Å². The summed E-state index contributed by atoms with van der Waals surface area (Å²) in [5, 5.41) is 3.64. The van der Waals surface area contributed by atoms with Crippen LogP contribution >= 0.6 is 11.6 Å². The van der Waals surface area contributed by atoms with Crippen molar-refractivity contribution in [2.75, 3.05) is 26.2 Å². The summed E-state index contributed by atoms with van der Waals surface area (Å²) in [6.45, 7) is 9.03. The van der Waals surface area contributed by atoms with Gasteiger partial charge < -0.3 is 19.7 Å². The Morgan fingerprint density at radius 1 is 1.31 bits per heavy atom. The number of ether oxygens (including phenoxy) is 2. The maximum atomic E-state index is 12.5. The zero-order valence-corrected chi connectivity index (χ0v) is 20.2. The number of rotatable bonds is 5. The van der Waals surface area contributed by atoms with Crippen molar-refractivity contribution in [3.8, 4) is 0 Å². The fourth-order valence-corrected chi connectivity index (χ4v) is 4.72. The summed E-state index contributed by atoms with van der Waals surface area (Å²) in [7, 11) is 0. The molecule has 1 aromatic carbocycles. The number of carbonyl (C=O) groups excluding carboxylic acids is 2. The second-order valence-electron chi connectivity index (χ2n) is 9.54. The van der Waals surface area contributed by atoms with E-state index in [0.717, 1.165) is 31.2 Å². The van der Waals surface area contributed by atoms with Crippen molar-refractivity contribution < 1.29 is 19.1 Å². The summed E-state index contributed by atoms with van der Waals surface area (Å²) in [5.41, 5.74) is 0.272. The third-order valence-corrected chi connectivity index (χ3v) is 6.32. The van der Waals surface area contributed by atoms with E-state index >= 15 is 0 Å². The predicted molar refractivity (Wildman–Crippen MR) is 125 cm³/mol. The molecule has 0 unspecified atom stereocenters. The molecule has 1 aromatic rings. The van der Waals surface area contributed by atoms with Gasteiger partial charge in [-0.1, -0.05) is 23.7 Å². The van der Waals surface area contributed by atoms with Crippen molar-refractivity contribution in [1.82, 2.24) is 10.2 Å². The Balaban J connectivity index is 1.73. The van der Waals surface area contributed by atoms with Crippen LogP contribution in [0.1, 0.15) is 58.9 Å². The molecule has 0 atom stereocenters. The van der Waals surface area contributed by atoms with Gasteiger partial charge in [0, 0.05) is 23.0 Å². The van der Waals surface area contributed by atoms with E-state index in [9.17, 15) is 9.59 Å². The van der Waals surface area contributed by atoms with E-state index in [1.165, 1.54) is 0 Å². The summed E-state index contributed by atoms with van der Waals surface area (Å²) in [4.78, 5) is 31.0. The lowest BCUT2D eigenvalue weighted by molar-refractivity contribution is -0.132. The fraction of sp³-hybridized carbons (Fsp3) is 0.625. The molecule has 1 fully saturated rings. The molecular weight excluding hydrogens is 430 g/mol. The van der Waals surface area contributed by atoms with Gasteiger partial charge in [0.1, 0.15) is 12.1 Å². The average molecular weight is 464 g/mol. The fourth-order valence-electron chi connectivity index (χ4n) is 4.53. The van der Waals surface area contributed by atoms with Crippen LogP contribution in [0.25, 0.3) is 0 Å². The molecule has 32 heavy (non-hydrogen) atoms. The Hall–Kier alpha value is -2.28. The second-order valence-corrected chi connectivity index (χ2v) is 9.98. The van der Waals surface area contributed by atoms with Crippen LogP contribution < -0.4 is 5.32 Å². The molecule has 0 radical (unpaired) electrons. The Morgan fingerprint density at radius 2 is 2.03 bits per heavy atom. The lowest BCUT2D eigenvalue weighted by atomic mass is 9.67. The van der Waals surface area contributed by atoms with E-state index in [1.54, 1.807) is 0 Å². The number of aliphatic imine (C=N–C) groups is 1. The molecule has 0 spiro atoms. The van der Waals surface area contributed by atoms with Crippen LogP contribution in [0.3, 0.4) is 0 Å². The number of hydrogen-bond acceptors (Lipinski definition) is 5. The minimum Gasteiger partial charge on any atom is -0.480 e. The molecule has 176 valence electrons. The third kappa shape index (κ3) is 6.15. The lowest BCUT2D eigenvalue weighted by Gasteiger charge is -2.44. The highest BCUT2D eigenvalue weighted by molar-refractivity contribution is 6.30. The first-order valence-electron chi connectivity index (χ1n) is 11.3. The van der Waals surface area contributed by atoms with Crippen molar-refractivity contribution >= 4 is 29.5 Å². The third-order valence-electron chi connectivity index (χ3n) is 6.09. The molecule has 1 heterocycles. The quantitative estimate of drug-likeness (QED) is 0.705. The smallest absolute Gasteiger partial charge is 0.407 e. The summed E-state index contributed by atoms with van der Waals surface area (Å²) in [5.74, 6) is 0.672. The SMILES string of the molecule is CCOC1=NCC(=O)N(C2CCC(CNC(=O)OC(C)(C)C)(c3cccc(Cl)c3)CC2)C1. The van der Waals surface area contributed by atoms with Gasteiger partial charge in [0.05, 0.1) is 13.2 Å². The van der Waals surface area contributed by atoms with Crippen molar-refractivity contribution in [2.45, 2.75) is 70.4 Å². The minimum atomic E-state index is -0.556. The van der Waals surface area contributed by atoms with Crippen LogP contribution in [0, 0.1) is 0 Å². The van der Waals surface area contributed by atoms with Crippen LogP contribution in [0.4, 0.5) is 4.79 Å². The Labute approximate surface area is 195 Å². The topological polar surface area (TPSA) is 80.2 Å². The molecule has 0 saturated heterocycles. The molecule has 0 bridgehead atoms. The number of hydrogen-bond donors (Lipinski definition) is 1. The van der Waals surface area contributed by atoms with Crippen molar-refractivity contribution in [2.24, 2.45) is 4.99 Å². The zero-order valence-electron chi connectivity index (χ0n) is 19.4. The van der Waals surface area contributed by atoms with Crippen molar-refractivity contribution in [1.29, 1.82) is 0 Å². The Kier molecular flexibility index (Phi) is 7.70. The van der Waals surface area contributed by atoms with Gasteiger partial charge in [0.2, 0.25) is 11.8 Å². The maximum Gasteiger partial charge on any atom is 0.407 e. The highest BCUT2D eigenvalue weighted by Crippen LogP contribution is 2.41. The standard InChI is InChI=1S/C24H34ClN3O4/c1-5-31-20-15-28(21(29)14-26-20)19-9-11-24(12-10-19,17-7-6-8-18(25)13-17)16-27-22(30)32-23(2,3)4/h6-8,13,19H,5,9-12,14-16H2,1-4H3,(H,27,30). The Morgan fingerprint density at radius 3 is 2.66 bits per heavy atom. The largest absolute Gasteiger partial charge is 0.480 e. The summed E-state index contributed by atoms with van der Waals surface area (Å²) < 4.78 is 11.0. The molecule has 2 amide bonds. The molecule has 1 N–H and O–H groups in total. The molecule has 3 rings (SSSR count). The average Bonchev–Trinajstić information content (AvgIpc) is 2.73. The number of benzene rings is 1. The van der Waals surface area contributed by atoms with E-state index < -0.39 is 11.7 Å². The molecule has 1 aliphatic carbocycles. The van der Waals surface area contributed by atoms with Gasteiger partial charge in [-0.15, -0.1) is 0 Å². The first-order valence-corrected chi connectivity index (χ1v) is 11.7. The molecule has 1 aliphatic heterocycles. The molecule has 0 aromatic heterocycles. The van der Waals surface area contributed by atoms with Gasteiger partial charge in [-0.3, -0.25) is 4.79 Å². The van der Waals surface area contributed by atoms with Gasteiger partial charge in [-0.05, 0) is 71.1 Å². The number of halogens is 1. The van der Waals surface area contributed by atoms with Crippen LogP contribution in [0.15, 0.2) is 29.3 Å². The highest BCUT2D eigenvalue weighted by Gasteiger charge is 2.41. The van der Waals surface area contributed by atoms with Gasteiger partial charge in [-0.2, -0.15) is 0 Å².